The monoisotopic (exact) mass is 469 g/mol. The first-order valence-corrected chi connectivity index (χ1v) is 10.8. The molecule has 5 rings (SSSR count). The molecule has 0 N–H and O–H groups in total. The fraction of sp³-hybridized carbons (Fsp3) is 0.0370. The van der Waals surface area contributed by atoms with E-state index in [9.17, 15) is 19.2 Å². The summed E-state index contributed by atoms with van der Waals surface area (Å²) in [5.74, 6) is -2.15. The number of carbonyl (C=O) groups is 4. The predicted octanol–water partition coefficient (Wildman–Crippen LogP) is 5.33. The van der Waals surface area contributed by atoms with Gasteiger partial charge in [0.1, 0.15) is 0 Å². The van der Waals surface area contributed by atoms with E-state index in [0.717, 1.165) is 15.7 Å². The molecule has 0 aliphatic carbocycles. The van der Waals surface area contributed by atoms with Crippen LogP contribution in [-0.2, 0) is 4.74 Å². The van der Waals surface area contributed by atoms with Gasteiger partial charge in [-0.1, -0.05) is 48.0 Å². The normalized spacial score (nSPS) is 12.7. The molecule has 0 fully saturated rings. The summed E-state index contributed by atoms with van der Waals surface area (Å²) in [6, 6.07) is 23.2. The van der Waals surface area contributed by atoms with Crippen LogP contribution in [0, 0.1) is 0 Å². The molecule has 0 saturated heterocycles. The molecule has 0 bridgehead atoms. The Hall–Kier alpha value is -4.29. The lowest BCUT2D eigenvalue weighted by Gasteiger charge is -2.16. The van der Waals surface area contributed by atoms with Gasteiger partial charge in [0.15, 0.2) is 12.4 Å². The van der Waals surface area contributed by atoms with Gasteiger partial charge in [0.2, 0.25) is 0 Å². The quantitative estimate of drug-likeness (QED) is 0.224. The maximum atomic E-state index is 13.2. The fourth-order valence-electron chi connectivity index (χ4n) is 3.92. The molecule has 7 heteroatoms. The number of Topliss-reactive ketones (excluding diaryl/α,β-unsaturated/α-hetero) is 1. The zero-order valence-corrected chi connectivity index (χ0v) is 18.4. The van der Waals surface area contributed by atoms with E-state index < -0.39 is 24.4 Å². The van der Waals surface area contributed by atoms with Gasteiger partial charge >= 0.3 is 5.97 Å². The summed E-state index contributed by atoms with van der Waals surface area (Å²) in [7, 11) is 0. The van der Waals surface area contributed by atoms with Gasteiger partial charge in [-0.25, -0.2) is 9.69 Å². The van der Waals surface area contributed by atoms with Gasteiger partial charge in [0.25, 0.3) is 11.8 Å². The molecule has 166 valence electrons. The van der Waals surface area contributed by atoms with Crippen LogP contribution in [0.2, 0.25) is 5.02 Å². The molecule has 6 nitrogen and oxygen atoms in total. The summed E-state index contributed by atoms with van der Waals surface area (Å²) in [5, 5.41) is 2.15. The zero-order valence-electron chi connectivity index (χ0n) is 17.7. The van der Waals surface area contributed by atoms with Crippen LogP contribution in [-0.4, -0.2) is 30.2 Å². The van der Waals surface area contributed by atoms with E-state index in [4.69, 9.17) is 16.3 Å². The number of ether oxygens (including phenoxy) is 1. The van der Waals surface area contributed by atoms with Crippen molar-refractivity contribution in [3.8, 4) is 0 Å². The largest absolute Gasteiger partial charge is 0.454 e. The molecule has 4 aromatic rings. The van der Waals surface area contributed by atoms with Crippen molar-refractivity contribution in [2.45, 2.75) is 0 Å². The molecule has 0 unspecified atom stereocenters. The molecule has 0 aromatic heterocycles. The third-order valence-electron chi connectivity index (χ3n) is 5.63. The van der Waals surface area contributed by atoms with Gasteiger partial charge in [-0.2, -0.15) is 0 Å². The van der Waals surface area contributed by atoms with Crippen molar-refractivity contribution in [1.82, 2.24) is 0 Å². The van der Waals surface area contributed by atoms with Crippen molar-refractivity contribution in [1.29, 1.82) is 0 Å². The standard InChI is InChI=1S/C27H16ClNO5/c28-19-11-8-17(9-12-19)24(30)15-34-27(33)18-10-13-21-22(14-18)26(32)29(25(21)31)23-7-3-5-16-4-1-2-6-20(16)23/h1-14H,15H2. The third kappa shape index (κ3) is 3.74. The van der Waals surface area contributed by atoms with E-state index in [1.807, 2.05) is 30.3 Å². The Balaban J connectivity index is 1.38. The highest BCUT2D eigenvalue weighted by Gasteiger charge is 2.38. The number of amides is 2. The highest BCUT2D eigenvalue weighted by Crippen LogP contribution is 2.34. The minimum absolute atomic E-state index is 0.0728. The van der Waals surface area contributed by atoms with Crippen molar-refractivity contribution < 1.29 is 23.9 Å². The minimum Gasteiger partial charge on any atom is -0.454 e. The summed E-state index contributed by atoms with van der Waals surface area (Å²) >= 11 is 5.82. The van der Waals surface area contributed by atoms with E-state index in [1.165, 1.54) is 18.2 Å². The third-order valence-corrected chi connectivity index (χ3v) is 5.88. The lowest BCUT2D eigenvalue weighted by atomic mass is 10.1. The molecule has 1 aliphatic rings. The molecule has 34 heavy (non-hydrogen) atoms. The number of anilines is 1. The molecule has 0 radical (unpaired) electrons. The number of fused-ring (bicyclic) bond motifs is 2. The van der Waals surface area contributed by atoms with Gasteiger partial charge in [-0.05, 0) is 53.9 Å². The summed E-state index contributed by atoms with van der Waals surface area (Å²) in [5.41, 5.74) is 1.21. The summed E-state index contributed by atoms with van der Waals surface area (Å²) in [4.78, 5) is 52.2. The van der Waals surface area contributed by atoms with E-state index in [1.54, 1.807) is 36.4 Å². The van der Waals surface area contributed by atoms with Crippen molar-refractivity contribution in [3.63, 3.8) is 0 Å². The molecule has 4 aromatic carbocycles. The maximum absolute atomic E-state index is 13.2. The summed E-state index contributed by atoms with van der Waals surface area (Å²) < 4.78 is 5.13. The summed E-state index contributed by atoms with van der Waals surface area (Å²) in [6.07, 6.45) is 0. The summed E-state index contributed by atoms with van der Waals surface area (Å²) in [6.45, 7) is -0.466. The second-order valence-corrected chi connectivity index (χ2v) is 8.15. The topological polar surface area (TPSA) is 80.8 Å². The van der Waals surface area contributed by atoms with Gasteiger partial charge < -0.3 is 4.74 Å². The van der Waals surface area contributed by atoms with Crippen molar-refractivity contribution in [2.24, 2.45) is 0 Å². The highest BCUT2D eigenvalue weighted by molar-refractivity contribution is 6.36. The second kappa shape index (κ2) is 8.57. The Morgan fingerprint density at radius 2 is 1.44 bits per heavy atom. The first kappa shape index (κ1) is 21.6. The van der Waals surface area contributed by atoms with Crippen LogP contribution >= 0.6 is 11.6 Å². The number of carbonyl (C=O) groups excluding carboxylic acids is 4. The van der Waals surface area contributed by atoms with Crippen LogP contribution in [0.4, 0.5) is 5.69 Å². The number of esters is 1. The molecular formula is C27H16ClNO5. The van der Waals surface area contributed by atoms with Gasteiger partial charge in [0.05, 0.1) is 22.4 Å². The second-order valence-electron chi connectivity index (χ2n) is 7.71. The van der Waals surface area contributed by atoms with E-state index in [0.29, 0.717) is 16.3 Å². The predicted molar refractivity (Wildman–Crippen MR) is 128 cm³/mol. The number of hydrogen-bond donors (Lipinski definition) is 0. The molecule has 2 amide bonds. The number of rotatable bonds is 5. The highest BCUT2D eigenvalue weighted by atomic mass is 35.5. The molecule has 0 atom stereocenters. The first-order valence-electron chi connectivity index (χ1n) is 10.4. The van der Waals surface area contributed by atoms with Crippen LogP contribution in [0.3, 0.4) is 0 Å². The Kier molecular flexibility index (Phi) is 5.43. The number of halogens is 1. The number of nitrogens with zero attached hydrogens (tertiary/aromatic N) is 1. The van der Waals surface area contributed by atoms with Crippen LogP contribution < -0.4 is 4.90 Å². The first-order chi connectivity index (χ1) is 16.4. The van der Waals surface area contributed by atoms with Crippen LogP contribution in [0.1, 0.15) is 41.4 Å². The average Bonchev–Trinajstić information content (AvgIpc) is 3.11. The molecule has 0 spiro atoms. The zero-order chi connectivity index (χ0) is 23.8. The lowest BCUT2D eigenvalue weighted by Crippen LogP contribution is -2.29. The Morgan fingerprint density at radius 3 is 2.24 bits per heavy atom. The minimum atomic E-state index is -0.769. The SMILES string of the molecule is O=C(COC(=O)c1ccc2c(c1)C(=O)N(c1cccc3ccccc13)C2=O)c1ccc(Cl)cc1. The van der Waals surface area contributed by atoms with Crippen molar-refractivity contribution >= 4 is 51.6 Å². The number of imide groups is 1. The number of hydrogen-bond acceptors (Lipinski definition) is 5. The molecular weight excluding hydrogens is 454 g/mol. The van der Waals surface area contributed by atoms with Crippen LogP contribution in [0.15, 0.2) is 84.9 Å². The Morgan fingerprint density at radius 1 is 0.765 bits per heavy atom. The Bertz CT molecular complexity index is 1490. The van der Waals surface area contributed by atoms with Gasteiger partial charge in [-0.3, -0.25) is 14.4 Å². The fourth-order valence-corrected chi connectivity index (χ4v) is 4.05. The molecule has 1 heterocycles. The lowest BCUT2D eigenvalue weighted by molar-refractivity contribution is 0.0474. The molecule has 1 aliphatic heterocycles. The Labute approximate surface area is 199 Å². The maximum Gasteiger partial charge on any atom is 0.338 e. The smallest absolute Gasteiger partial charge is 0.338 e. The molecule has 0 saturated carbocycles. The van der Waals surface area contributed by atoms with Gasteiger partial charge in [-0.15, -0.1) is 0 Å². The van der Waals surface area contributed by atoms with E-state index in [2.05, 4.69) is 0 Å². The van der Waals surface area contributed by atoms with E-state index in [-0.39, 0.29) is 22.5 Å². The van der Waals surface area contributed by atoms with Crippen molar-refractivity contribution in [2.75, 3.05) is 11.5 Å². The number of ketones is 1. The number of benzene rings is 4. The van der Waals surface area contributed by atoms with Crippen LogP contribution in [0.25, 0.3) is 10.8 Å². The van der Waals surface area contributed by atoms with Crippen LogP contribution in [0.5, 0.6) is 0 Å². The van der Waals surface area contributed by atoms with E-state index >= 15 is 0 Å². The average molecular weight is 470 g/mol. The van der Waals surface area contributed by atoms with Crippen molar-refractivity contribution in [3.05, 3.63) is 112 Å². The van der Waals surface area contributed by atoms with Gasteiger partial charge in [0, 0.05) is 16.0 Å².